The molecule has 1 aliphatic carbocycles. The maximum Gasteiger partial charge on any atom is 0.261 e. The Morgan fingerprint density at radius 2 is 1.79 bits per heavy atom. The van der Waals surface area contributed by atoms with Gasteiger partial charge >= 0.3 is 0 Å². The monoisotopic (exact) mass is 411 g/mol. The third-order valence-corrected chi connectivity index (χ3v) is 7.29. The van der Waals surface area contributed by atoms with E-state index in [0.29, 0.717) is 11.6 Å². The van der Waals surface area contributed by atoms with Gasteiger partial charge < -0.3 is 4.42 Å². The normalized spacial score (nSPS) is 17.3. The Balaban J connectivity index is 1.69. The number of benzene rings is 2. The zero-order valence-electron chi connectivity index (χ0n) is 17.8. The standard InChI is InChI=1S/C24H29NO3S/c1-15-6-11-22-19(12-15)20-14-21(16(2)13-23(20)28-22)25-29(26,27)18-9-7-17(8-10-18)24(3,4)5/h7-10,13-15,25H,6,11-12H2,1-5H3/t15-/m1/s1. The summed E-state index contributed by atoms with van der Waals surface area (Å²) >= 11 is 0. The lowest BCUT2D eigenvalue weighted by Gasteiger charge is -2.19. The van der Waals surface area contributed by atoms with E-state index in [1.807, 2.05) is 31.2 Å². The van der Waals surface area contributed by atoms with Gasteiger partial charge in [-0.25, -0.2) is 8.42 Å². The van der Waals surface area contributed by atoms with E-state index in [2.05, 4.69) is 32.4 Å². The van der Waals surface area contributed by atoms with E-state index >= 15 is 0 Å². The van der Waals surface area contributed by atoms with E-state index in [-0.39, 0.29) is 10.3 Å². The molecule has 1 aliphatic rings. The summed E-state index contributed by atoms with van der Waals surface area (Å²) in [6.45, 7) is 10.5. The van der Waals surface area contributed by atoms with E-state index in [1.165, 1.54) is 5.56 Å². The van der Waals surface area contributed by atoms with Crippen LogP contribution in [0.1, 0.15) is 56.6 Å². The molecule has 2 aromatic carbocycles. The predicted octanol–water partition coefficient (Wildman–Crippen LogP) is 5.96. The van der Waals surface area contributed by atoms with Crippen LogP contribution in [0.4, 0.5) is 5.69 Å². The van der Waals surface area contributed by atoms with Crippen molar-refractivity contribution in [3.05, 3.63) is 58.8 Å². The van der Waals surface area contributed by atoms with Gasteiger partial charge in [0.05, 0.1) is 10.6 Å². The molecular weight excluding hydrogens is 382 g/mol. The maximum absolute atomic E-state index is 13.0. The van der Waals surface area contributed by atoms with Gasteiger partial charge in [-0.1, -0.05) is 39.8 Å². The van der Waals surface area contributed by atoms with E-state index in [9.17, 15) is 8.42 Å². The van der Waals surface area contributed by atoms with Gasteiger partial charge in [0.25, 0.3) is 10.0 Å². The average Bonchev–Trinajstić information content (AvgIpc) is 2.98. The molecule has 4 rings (SSSR count). The van der Waals surface area contributed by atoms with Gasteiger partial charge in [-0.2, -0.15) is 0 Å². The molecule has 1 N–H and O–H groups in total. The Kier molecular flexibility index (Phi) is 4.77. The summed E-state index contributed by atoms with van der Waals surface area (Å²) in [6, 6.07) is 11.0. The first-order valence-electron chi connectivity index (χ1n) is 10.2. The third-order valence-electron chi connectivity index (χ3n) is 5.91. The largest absolute Gasteiger partial charge is 0.461 e. The van der Waals surface area contributed by atoms with Crippen molar-refractivity contribution in [3.8, 4) is 0 Å². The molecule has 1 atom stereocenters. The van der Waals surface area contributed by atoms with Crippen molar-refractivity contribution in [3.63, 3.8) is 0 Å². The lowest BCUT2D eigenvalue weighted by molar-refractivity contribution is 0.438. The van der Waals surface area contributed by atoms with E-state index in [4.69, 9.17) is 4.42 Å². The lowest BCUT2D eigenvalue weighted by Crippen LogP contribution is -2.15. The fourth-order valence-corrected chi connectivity index (χ4v) is 5.17. The van der Waals surface area contributed by atoms with Crippen LogP contribution in [0.2, 0.25) is 0 Å². The summed E-state index contributed by atoms with van der Waals surface area (Å²) < 4.78 is 34.8. The second-order valence-electron chi connectivity index (χ2n) is 9.39. The minimum Gasteiger partial charge on any atom is -0.461 e. The van der Waals surface area contributed by atoms with Gasteiger partial charge in [0.2, 0.25) is 0 Å². The van der Waals surface area contributed by atoms with Crippen molar-refractivity contribution in [2.75, 3.05) is 4.72 Å². The first-order valence-corrected chi connectivity index (χ1v) is 11.7. The Labute approximate surface area is 173 Å². The number of aryl methyl sites for hydroxylation is 2. The molecule has 0 amide bonds. The van der Waals surface area contributed by atoms with Crippen molar-refractivity contribution >= 4 is 26.7 Å². The van der Waals surface area contributed by atoms with Gasteiger partial charge in [0.15, 0.2) is 0 Å². The topological polar surface area (TPSA) is 59.3 Å². The molecule has 0 spiro atoms. The molecule has 1 heterocycles. The van der Waals surface area contributed by atoms with Crippen molar-refractivity contribution in [2.24, 2.45) is 5.92 Å². The quantitative estimate of drug-likeness (QED) is 0.578. The second-order valence-corrected chi connectivity index (χ2v) is 11.1. The number of hydrogen-bond acceptors (Lipinski definition) is 3. The highest BCUT2D eigenvalue weighted by molar-refractivity contribution is 7.92. The Bertz CT molecular complexity index is 1170. The minimum absolute atomic E-state index is 0.0190. The predicted molar refractivity (Wildman–Crippen MR) is 118 cm³/mol. The van der Waals surface area contributed by atoms with Crippen LogP contribution in [0.25, 0.3) is 11.0 Å². The molecule has 29 heavy (non-hydrogen) atoms. The van der Waals surface area contributed by atoms with Crippen molar-refractivity contribution in [2.45, 2.75) is 64.2 Å². The number of anilines is 1. The Hall–Kier alpha value is -2.27. The van der Waals surface area contributed by atoms with E-state index < -0.39 is 10.0 Å². The minimum atomic E-state index is -3.66. The zero-order chi connectivity index (χ0) is 21.0. The molecule has 0 bridgehead atoms. The van der Waals surface area contributed by atoms with Gasteiger partial charge in [0.1, 0.15) is 11.3 Å². The highest BCUT2D eigenvalue weighted by atomic mass is 32.2. The molecule has 0 saturated carbocycles. The molecule has 0 unspecified atom stereocenters. The van der Waals surface area contributed by atoms with Crippen LogP contribution >= 0.6 is 0 Å². The van der Waals surface area contributed by atoms with E-state index in [0.717, 1.165) is 47.1 Å². The zero-order valence-corrected chi connectivity index (χ0v) is 18.6. The summed E-state index contributed by atoms with van der Waals surface area (Å²) in [5.74, 6) is 1.67. The lowest BCUT2D eigenvalue weighted by atomic mass is 9.87. The van der Waals surface area contributed by atoms with Gasteiger partial charge in [-0.15, -0.1) is 0 Å². The summed E-state index contributed by atoms with van der Waals surface area (Å²) in [5, 5.41) is 1.03. The SMILES string of the molecule is Cc1cc2oc3c(c2cc1NS(=O)(=O)c1ccc(C(C)(C)C)cc1)C[C@H](C)CC3. The summed E-state index contributed by atoms with van der Waals surface area (Å²) in [7, 11) is -3.66. The highest BCUT2D eigenvalue weighted by Gasteiger charge is 2.24. The molecule has 0 aliphatic heterocycles. The van der Waals surface area contributed by atoms with E-state index in [1.54, 1.807) is 12.1 Å². The third kappa shape index (κ3) is 3.80. The first kappa shape index (κ1) is 20.0. The van der Waals surface area contributed by atoms with Crippen LogP contribution < -0.4 is 4.72 Å². The van der Waals surface area contributed by atoms with Crippen LogP contribution in [0, 0.1) is 12.8 Å². The Morgan fingerprint density at radius 1 is 1.10 bits per heavy atom. The molecule has 154 valence electrons. The van der Waals surface area contributed by atoms with Crippen molar-refractivity contribution < 1.29 is 12.8 Å². The fourth-order valence-electron chi connectivity index (χ4n) is 4.05. The number of sulfonamides is 1. The molecule has 0 saturated heterocycles. The maximum atomic E-state index is 13.0. The number of nitrogens with one attached hydrogen (secondary N) is 1. The van der Waals surface area contributed by atoms with Crippen LogP contribution in [0.3, 0.4) is 0 Å². The van der Waals surface area contributed by atoms with Gasteiger partial charge in [0, 0.05) is 17.4 Å². The first-order chi connectivity index (χ1) is 13.5. The Morgan fingerprint density at radius 3 is 2.45 bits per heavy atom. The molecule has 4 nitrogen and oxygen atoms in total. The molecular formula is C24H29NO3S. The average molecular weight is 412 g/mol. The van der Waals surface area contributed by atoms with Crippen LogP contribution in [-0.2, 0) is 28.3 Å². The number of rotatable bonds is 3. The van der Waals surface area contributed by atoms with Crippen LogP contribution in [0.5, 0.6) is 0 Å². The molecule has 5 heteroatoms. The smallest absolute Gasteiger partial charge is 0.261 e. The number of furan rings is 1. The van der Waals surface area contributed by atoms with Gasteiger partial charge in [-0.05, 0) is 66.5 Å². The fraction of sp³-hybridized carbons (Fsp3) is 0.417. The summed E-state index contributed by atoms with van der Waals surface area (Å²) in [4.78, 5) is 0.271. The van der Waals surface area contributed by atoms with Crippen molar-refractivity contribution in [1.29, 1.82) is 0 Å². The summed E-state index contributed by atoms with van der Waals surface area (Å²) in [5.41, 5.74) is 4.63. The molecule has 3 aromatic rings. The number of fused-ring (bicyclic) bond motifs is 3. The molecule has 1 aromatic heterocycles. The summed E-state index contributed by atoms with van der Waals surface area (Å²) in [6.07, 6.45) is 3.06. The van der Waals surface area contributed by atoms with Gasteiger partial charge in [-0.3, -0.25) is 4.72 Å². The molecule has 0 radical (unpaired) electrons. The second kappa shape index (κ2) is 6.91. The highest BCUT2D eigenvalue weighted by Crippen LogP contribution is 2.37. The van der Waals surface area contributed by atoms with Crippen LogP contribution in [-0.4, -0.2) is 8.42 Å². The van der Waals surface area contributed by atoms with Crippen LogP contribution in [0.15, 0.2) is 45.7 Å². The molecule has 0 fully saturated rings. The number of hydrogen-bond donors (Lipinski definition) is 1. The van der Waals surface area contributed by atoms with Crippen molar-refractivity contribution in [1.82, 2.24) is 0 Å².